The van der Waals surface area contributed by atoms with Gasteiger partial charge < -0.3 is 5.11 Å². The van der Waals surface area contributed by atoms with Crippen LogP contribution in [0, 0.1) is 11.3 Å². The molecule has 0 aliphatic carbocycles. The zero-order valence-electron chi connectivity index (χ0n) is 11.7. The zero-order valence-corrected chi connectivity index (χ0v) is 11.7. The number of imide groups is 1. The molecule has 0 radical (unpaired) electrons. The van der Waals surface area contributed by atoms with Gasteiger partial charge in [0.2, 0.25) is 11.8 Å². The number of aliphatic hydroxyl groups excluding tert-OH is 1. The van der Waals surface area contributed by atoms with Crippen LogP contribution in [-0.2, 0) is 9.59 Å². The number of aliphatic hydroxyl groups is 1. The standard InChI is InChI=1S/C15H17N3O3/c1-2-12-15(21)17-14(20)9-18(12)8-13(19)11-5-3-10(7-16)4-6-11/h3-6,12-13,19H,2,8-9H2,1H3,(H,17,20,21). The van der Waals surface area contributed by atoms with E-state index in [4.69, 9.17) is 5.26 Å². The van der Waals surface area contributed by atoms with E-state index in [-0.39, 0.29) is 24.9 Å². The van der Waals surface area contributed by atoms with E-state index in [1.807, 2.05) is 13.0 Å². The van der Waals surface area contributed by atoms with Gasteiger partial charge in [0.1, 0.15) is 0 Å². The van der Waals surface area contributed by atoms with Gasteiger partial charge in [0.15, 0.2) is 0 Å². The molecular formula is C15H17N3O3. The Morgan fingerprint density at radius 1 is 1.43 bits per heavy atom. The highest BCUT2D eigenvalue weighted by Crippen LogP contribution is 2.18. The van der Waals surface area contributed by atoms with Crippen LogP contribution in [0.2, 0.25) is 0 Å². The summed E-state index contributed by atoms with van der Waals surface area (Å²) in [5, 5.41) is 21.3. The minimum Gasteiger partial charge on any atom is -0.387 e. The zero-order chi connectivity index (χ0) is 15.4. The van der Waals surface area contributed by atoms with E-state index in [0.29, 0.717) is 17.5 Å². The molecule has 21 heavy (non-hydrogen) atoms. The summed E-state index contributed by atoms with van der Waals surface area (Å²) in [5.41, 5.74) is 1.17. The van der Waals surface area contributed by atoms with Crippen LogP contribution in [0.5, 0.6) is 0 Å². The molecule has 6 nitrogen and oxygen atoms in total. The number of nitrogens with one attached hydrogen (secondary N) is 1. The second-order valence-electron chi connectivity index (χ2n) is 5.02. The van der Waals surface area contributed by atoms with Crippen molar-refractivity contribution in [1.29, 1.82) is 5.26 Å². The summed E-state index contributed by atoms with van der Waals surface area (Å²) in [6, 6.07) is 8.22. The monoisotopic (exact) mass is 287 g/mol. The maximum atomic E-state index is 11.8. The molecule has 1 aromatic rings. The van der Waals surface area contributed by atoms with Crippen molar-refractivity contribution in [3.63, 3.8) is 0 Å². The third-order valence-electron chi connectivity index (χ3n) is 3.57. The first-order valence-corrected chi connectivity index (χ1v) is 6.81. The Kier molecular flexibility index (Phi) is 4.68. The lowest BCUT2D eigenvalue weighted by atomic mass is 10.0. The molecule has 0 aromatic heterocycles. The van der Waals surface area contributed by atoms with E-state index < -0.39 is 12.1 Å². The average Bonchev–Trinajstić information content (AvgIpc) is 2.47. The highest BCUT2D eigenvalue weighted by Gasteiger charge is 2.33. The van der Waals surface area contributed by atoms with Gasteiger partial charge in [-0.15, -0.1) is 0 Å². The molecule has 110 valence electrons. The molecule has 2 atom stereocenters. The summed E-state index contributed by atoms with van der Waals surface area (Å²) in [6.07, 6.45) is -0.246. The van der Waals surface area contributed by atoms with Crippen molar-refractivity contribution in [1.82, 2.24) is 10.2 Å². The van der Waals surface area contributed by atoms with Crippen LogP contribution in [0.1, 0.15) is 30.6 Å². The normalized spacial score (nSPS) is 20.7. The molecule has 2 rings (SSSR count). The molecule has 1 heterocycles. The lowest BCUT2D eigenvalue weighted by Crippen LogP contribution is -2.58. The van der Waals surface area contributed by atoms with Crippen molar-refractivity contribution in [2.45, 2.75) is 25.5 Å². The van der Waals surface area contributed by atoms with Gasteiger partial charge in [-0.25, -0.2) is 0 Å². The molecule has 2 amide bonds. The molecule has 2 N–H and O–H groups in total. The van der Waals surface area contributed by atoms with Crippen molar-refractivity contribution in [3.05, 3.63) is 35.4 Å². The van der Waals surface area contributed by atoms with E-state index in [1.165, 1.54) is 0 Å². The highest BCUT2D eigenvalue weighted by molar-refractivity contribution is 6.01. The molecule has 1 aliphatic rings. The number of nitrogens with zero attached hydrogens (tertiary/aromatic N) is 2. The van der Waals surface area contributed by atoms with Crippen LogP contribution in [-0.4, -0.2) is 41.0 Å². The summed E-state index contributed by atoms with van der Waals surface area (Å²) in [4.78, 5) is 24.9. The predicted molar refractivity (Wildman–Crippen MR) is 74.9 cm³/mol. The Hall–Kier alpha value is -2.23. The Labute approximate surface area is 123 Å². The van der Waals surface area contributed by atoms with Crippen molar-refractivity contribution in [2.24, 2.45) is 0 Å². The molecule has 1 fully saturated rings. The Morgan fingerprint density at radius 3 is 2.67 bits per heavy atom. The number of benzene rings is 1. The summed E-state index contributed by atoms with van der Waals surface area (Å²) in [5.74, 6) is -0.669. The third-order valence-corrected chi connectivity index (χ3v) is 3.57. The third kappa shape index (κ3) is 3.45. The van der Waals surface area contributed by atoms with Gasteiger partial charge in [-0.3, -0.25) is 19.8 Å². The number of piperazine rings is 1. The van der Waals surface area contributed by atoms with Gasteiger partial charge >= 0.3 is 0 Å². The first-order chi connectivity index (χ1) is 10.0. The van der Waals surface area contributed by atoms with Crippen LogP contribution in [0.3, 0.4) is 0 Å². The molecule has 0 bridgehead atoms. The number of rotatable bonds is 4. The van der Waals surface area contributed by atoms with E-state index in [2.05, 4.69) is 5.32 Å². The molecule has 2 unspecified atom stereocenters. The molecule has 6 heteroatoms. The Morgan fingerprint density at radius 2 is 2.10 bits per heavy atom. The van der Waals surface area contributed by atoms with Gasteiger partial charge in [0, 0.05) is 6.54 Å². The van der Waals surface area contributed by atoms with Gasteiger partial charge in [-0.1, -0.05) is 19.1 Å². The van der Waals surface area contributed by atoms with Gasteiger partial charge in [-0.2, -0.15) is 5.26 Å². The van der Waals surface area contributed by atoms with Crippen LogP contribution in [0.15, 0.2) is 24.3 Å². The van der Waals surface area contributed by atoms with Crippen LogP contribution < -0.4 is 5.32 Å². The average molecular weight is 287 g/mol. The summed E-state index contributed by atoms with van der Waals surface area (Å²) < 4.78 is 0. The number of hydrogen-bond acceptors (Lipinski definition) is 5. The second kappa shape index (κ2) is 6.48. The SMILES string of the molecule is CCC1C(=O)NC(=O)CN1CC(O)c1ccc(C#N)cc1. The number of carbonyl (C=O) groups is 2. The molecule has 0 spiro atoms. The van der Waals surface area contributed by atoms with E-state index >= 15 is 0 Å². The second-order valence-corrected chi connectivity index (χ2v) is 5.02. The fourth-order valence-electron chi connectivity index (χ4n) is 2.46. The van der Waals surface area contributed by atoms with Crippen molar-refractivity contribution < 1.29 is 14.7 Å². The first kappa shape index (κ1) is 15.2. The van der Waals surface area contributed by atoms with Gasteiger partial charge in [-0.05, 0) is 24.1 Å². The Bertz CT molecular complexity index is 577. The molecule has 0 saturated carbocycles. The van der Waals surface area contributed by atoms with Crippen molar-refractivity contribution in [2.75, 3.05) is 13.1 Å². The minimum atomic E-state index is -0.814. The van der Waals surface area contributed by atoms with Crippen molar-refractivity contribution in [3.8, 4) is 6.07 Å². The van der Waals surface area contributed by atoms with Gasteiger partial charge in [0.05, 0.1) is 30.3 Å². The lowest BCUT2D eigenvalue weighted by Gasteiger charge is -2.34. The van der Waals surface area contributed by atoms with Crippen LogP contribution in [0.4, 0.5) is 0 Å². The number of carbonyl (C=O) groups excluding carboxylic acids is 2. The van der Waals surface area contributed by atoms with Crippen molar-refractivity contribution >= 4 is 11.8 Å². The summed E-state index contributed by atoms with van der Waals surface area (Å²) >= 11 is 0. The molecule has 1 saturated heterocycles. The Balaban J connectivity index is 2.09. The predicted octanol–water partition coefficient (Wildman–Crippen LogP) is 0.329. The van der Waals surface area contributed by atoms with Crippen LogP contribution in [0.25, 0.3) is 0 Å². The smallest absolute Gasteiger partial charge is 0.243 e. The topological polar surface area (TPSA) is 93.4 Å². The summed E-state index contributed by atoms with van der Waals surface area (Å²) in [6.45, 7) is 2.16. The maximum absolute atomic E-state index is 11.8. The first-order valence-electron chi connectivity index (χ1n) is 6.81. The highest BCUT2D eigenvalue weighted by atomic mass is 16.3. The fraction of sp³-hybridized carbons (Fsp3) is 0.400. The quantitative estimate of drug-likeness (QED) is 0.778. The minimum absolute atomic E-state index is 0.0948. The van der Waals surface area contributed by atoms with E-state index in [0.717, 1.165) is 0 Å². The van der Waals surface area contributed by atoms with Crippen LogP contribution >= 0.6 is 0 Å². The largest absolute Gasteiger partial charge is 0.387 e. The number of nitriles is 1. The van der Waals surface area contributed by atoms with E-state index in [1.54, 1.807) is 29.2 Å². The maximum Gasteiger partial charge on any atom is 0.243 e. The molecule has 1 aromatic carbocycles. The van der Waals surface area contributed by atoms with Gasteiger partial charge in [0.25, 0.3) is 0 Å². The fourth-order valence-corrected chi connectivity index (χ4v) is 2.46. The number of β-amino-alcohol motifs (C(OH)–C–C–N with tert-alkyl or cyclic N) is 1. The number of hydrogen-bond donors (Lipinski definition) is 2. The molecular weight excluding hydrogens is 270 g/mol. The lowest BCUT2D eigenvalue weighted by molar-refractivity contribution is -0.140. The van der Waals surface area contributed by atoms with E-state index in [9.17, 15) is 14.7 Å². The number of amides is 2. The summed E-state index contributed by atoms with van der Waals surface area (Å²) in [7, 11) is 0. The molecule has 1 aliphatic heterocycles.